The van der Waals surface area contributed by atoms with Gasteiger partial charge in [0, 0.05) is 29.5 Å². The van der Waals surface area contributed by atoms with E-state index in [2.05, 4.69) is 15.6 Å². The number of aromatic nitrogens is 1. The Hall–Kier alpha value is -3.25. The number of rotatable bonds is 6. The Morgan fingerprint density at radius 1 is 1.07 bits per heavy atom. The lowest BCUT2D eigenvalue weighted by Gasteiger charge is -2.08. The Bertz CT molecular complexity index is 992. The number of hydrogen-bond acceptors (Lipinski definition) is 5. The highest BCUT2D eigenvalue weighted by Crippen LogP contribution is 2.34. The average molecular weight is 396 g/mol. The van der Waals surface area contributed by atoms with E-state index < -0.39 is 0 Å². The van der Waals surface area contributed by atoms with Crippen molar-refractivity contribution in [2.75, 3.05) is 24.0 Å². The van der Waals surface area contributed by atoms with Gasteiger partial charge < -0.3 is 20.1 Å². The van der Waals surface area contributed by atoms with Gasteiger partial charge in [0.15, 0.2) is 11.5 Å². The molecular formula is C21H18ClN3O3. The van der Waals surface area contributed by atoms with Gasteiger partial charge in [0.05, 0.1) is 5.56 Å². The summed E-state index contributed by atoms with van der Waals surface area (Å²) in [5.74, 6) is 1.77. The first kappa shape index (κ1) is 18.1. The number of halogens is 1. The molecule has 2 heterocycles. The van der Waals surface area contributed by atoms with Crippen LogP contribution in [0.3, 0.4) is 0 Å². The Labute approximate surface area is 167 Å². The summed E-state index contributed by atoms with van der Waals surface area (Å²) >= 11 is 5.99. The molecule has 0 spiro atoms. The molecule has 142 valence electrons. The summed E-state index contributed by atoms with van der Waals surface area (Å²) in [5.41, 5.74) is 2.26. The molecule has 0 unspecified atom stereocenters. The molecule has 0 aliphatic carbocycles. The summed E-state index contributed by atoms with van der Waals surface area (Å²) in [6.07, 6.45) is 2.37. The standard InChI is InChI=1S/C21H18ClN3O3/c22-16-3-1-2-14(10-16)8-9-23-20-7-4-15(12-24-20)21(26)25-17-5-6-18-19(11-17)28-13-27-18/h1-7,10-12H,8-9,13H2,(H,23,24)(H,25,26). The van der Waals surface area contributed by atoms with E-state index in [0.29, 0.717) is 28.6 Å². The molecule has 2 aromatic carbocycles. The second kappa shape index (κ2) is 8.19. The van der Waals surface area contributed by atoms with E-state index in [1.54, 1.807) is 36.5 Å². The molecule has 1 aromatic heterocycles. The van der Waals surface area contributed by atoms with Crippen LogP contribution in [-0.4, -0.2) is 24.2 Å². The fraction of sp³-hybridized carbons (Fsp3) is 0.143. The van der Waals surface area contributed by atoms with Crippen molar-refractivity contribution >= 4 is 29.0 Å². The van der Waals surface area contributed by atoms with Crippen LogP contribution in [0.25, 0.3) is 0 Å². The molecule has 0 radical (unpaired) electrons. The third kappa shape index (κ3) is 4.35. The molecule has 0 saturated heterocycles. The summed E-state index contributed by atoms with van der Waals surface area (Å²) in [4.78, 5) is 16.7. The maximum atomic E-state index is 12.4. The molecule has 4 rings (SSSR count). The number of nitrogens with zero attached hydrogens (tertiary/aromatic N) is 1. The van der Waals surface area contributed by atoms with Crippen LogP contribution in [-0.2, 0) is 6.42 Å². The topological polar surface area (TPSA) is 72.5 Å². The van der Waals surface area contributed by atoms with Crippen molar-refractivity contribution < 1.29 is 14.3 Å². The average Bonchev–Trinajstić information content (AvgIpc) is 3.16. The monoisotopic (exact) mass is 395 g/mol. The molecule has 7 heteroatoms. The van der Waals surface area contributed by atoms with Crippen LogP contribution < -0.4 is 20.1 Å². The molecule has 0 fully saturated rings. The second-order valence-electron chi connectivity index (χ2n) is 6.26. The third-order valence-corrected chi connectivity index (χ3v) is 4.50. The summed E-state index contributed by atoms with van der Waals surface area (Å²) in [7, 11) is 0. The Morgan fingerprint density at radius 2 is 1.96 bits per heavy atom. The van der Waals surface area contributed by atoms with E-state index in [4.69, 9.17) is 21.1 Å². The first-order valence-corrected chi connectivity index (χ1v) is 9.20. The molecule has 6 nitrogen and oxygen atoms in total. The van der Waals surface area contributed by atoms with Crippen molar-refractivity contribution in [2.45, 2.75) is 6.42 Å². The second-order valence-corrected chi connectivity index (χ2v) is 6.70. The zero-order valence-corrected chi connectivity index (χ0v) is 15.7. The number of amides is 1. The number of benzene rings is 2. The SMILES string of the molecule is O=C(Nc1ccc2c(c1)OCO2)c1ccc(NCCc2cccc(Cl)c2)nc1. The predicted octanol–water partition coefficient (Wildman–Crippen LogP) is 4.37. The normalized spacial score (nSPS) is 11.9. The summed E-state index contributed by atoms with van der Waals surface area (Å²) in [6, 6.07) is 16.6. The molecule has 0 saturated carbocycles. The molecule has 1 aliphatic heterocycles. The summed E-state index contributed by atoms with van der Waals surface area (Å²) in [5, 5.41) is 6.80. The van der Waals surface area contributed by atoms with Gasteiger partial charge in [-0.3, -0.25) is 4.79 Å². The number of ether oxygens (including phenoxy) is 2. The molecule has 3 aromatic rings. The number of nitrogens with one attached hydrogen (secondary N) is 2. The zero-order chi connectivity index (χ0) is 19.3. The number of pyridine rings is 1. The lowest BCUT2D eigenvalue weighted by Crippen LogP contribution is -2.13. The van der Waals surface area contributed by atoms with Crippen LogP contribution >= 0.6 is 11.6 Å². The number of carbonyl (C=O) groups is 1. The minimum atomic E-state index is -0.239. The van der Waals surface area contributed by atoms with Crippen LogP contribution in [0.15, 0.2) is 60.8 Å². The first-order valence-electron chi connectivity index (χ1n) is 8.83. The van der Waals surface area contributed by atoms with Crippen molar-refractivity contribution in [3.05, 3.63) is 76.9 Å². The van der Waals surface area contributed by atoms with Gasteiger partial charge >= 0.3 is 0 Å². The van der Waals surface area contributed by atoms with Crippen molar-refractivity contribution in [2.24, 2.45) is 0 Å². The zero-order valence-electron chi connectivity index (χ0n) is 14.9. The van der Waals surface area contributed by atoms with E-state index in [1.807, 2.05) is 24.3 Å². The maximum absolute atomic E-state index is 12.4. The van der Waals surface area contributed by atoms with E-state index in [1.165, 1.54) is 0 Å². The Morgan fingerprint density at radius 3 is 2.79 bits per heavy atom. The smallest absolute Gasteiger partial charge is 0.257 e. The largest absolute Gasteiger partial charge is 0.454 e. The lowest BCUT2D eigenvalue weighted by atomic mass is 10.1. The number of hydrogen-bond donors (Lipinski definition) is 2. The molecular weight excluding hydrogens is 378 g/mol. The lowest BCUT2D eigenvalue weighted by molar-refractivity contribution is 0.102. The van der Waals surface area contributed by atoms with Gasteiger partial charge in [0.1, 0.15) is 5.82 Å². The van der Waals surface area contributed by atoms with Crippen LogP contribution in [0.4, 0.5) is 11.5 Å². The Balaban J connectivity index is 1.31. The number of carbonyl (C=O) groups excluding carboxylic acids is 1. The minimum absolute atomic E-state index is 0.197. The van der Waals surface area contributed by atoms with E-state index in [-0.39, 0.29) is 12.7 Å². The van der Waals surface area contributed by atoms with E-state index >= 15 is 0 Å². The number of anilines is 2. The van der Waals surface area contributed by atoms with E-state index in [0.717, 1.165) is 23.6 Å². The van der Waals surface area contributed by atoms with Gasteiger partial charge in [-0.2, -0.15) is 0 Å². The number of fused-ring (bicyclic) bond motifs is 1. The highest BCUT2D eigenvalue weighted by atomic mass is 35.5. The van der Waals surface area contributed by atoms with Crippen molar-refractivity contribution in [1.29, 1.82) is 0 Å². The highest BCUT2D eigenvalue weighted by Gasteiger charge is 2.14. The van der Waals surface area contributed by atoms with Crippen molar-refractivity contribution in [3.63, 3.8) is 0 Å². The molecule has 2 N–H and O–H groups in total. The van der Waals surface area contributed by atoms with Crippen molar-refractivity contribution in [3.8, 4) is 11.5 Å². The molecule has 0 bridgehead atoms. The quantitative estimate of drug-likeness (QED) is 0.648. The predicted molar refractivity (Wildman–Crippen MR) is 108 cm³/mol. The van der Waals surface area contributed by atoms with Gasteiger partial charge in [0.25, 0.3) is 5.91 Å². The first-order chi connectivity index (χ1) is 13.7. The minimum Gasteiger partial charge on any atom is -0.454 e. The van der Waals surface area contributed by atoms with Gasteiger partial charge in [0.2, 0.25) is 6.79 Å². The van der Waals surface area contributed by atoms with Gasteiger partial charge in [-0.05, 0) is 48.4 Å². The Kier molecular flexibility index (Phi) is 5.30. The molecule has 1 aliphatic rings. The molecule has 1 amide bonds. The van der Waals surface area contributed by atoms with Crippen LogP contribution in [0.5, 0.6) is 11.5 Å². The summed E-state index contributed by atoms with van der Waals surface area (Å²) in [6.45, 7) is 0.915. The fourth-order valence-electron chi connectivity index (χ4n) is 2.84. The third-order valence-electron chi connectivity index (χ3n) is 4.26. The molecule has 28 heavy (non-hydrogen) atoms. The maximum Gasteiger partial charge on any atom is 0.257 e. The van der Waals surface area contributed by atoms with Crippen LogP contribution in [0.1, 0.15) is 15.9 Å². The van der Waals surface area contributed by atoms with Crippen LogP contribution in [0.2, 0.25) is 5.02 Å². The van der Waals surface area contributed by atoms with Crippen molar-refractivity contribution in [1.82, 2.24) is 4.98 Å². The highest BCUT2D eigenvalue weighted by molar-refractivity contribution is 6.30. The van der Waals surface area contributed by atoms with Crippen LogP contribution in [0, 0.1) is 0 Å². The fourth-order valence-corrected chi connectivity index (χ4v) is 3.05. The van der Waals surface area contributed by atoms with E-state index in [9.17, 15) is 4.79 Å². The van der Waals surface area contributed by atoms with Gasteiger partial charge in [-0.25, -0.2) is 4.98 Å². The van der Waals surface area contributed by atoms with Gasteiger partial charge in [-0.15, -0.1) is 0 Å². The molecule has 0 atom stereocenters. The van der Waals surface area contributed by atoms with Gasteiger partial charge in [-0.1, -0.05) is 23.7 Å². The summed E-state index contributed by atoms with van der Waals surface area (Å²) < 4.78 is 10.6.